The van der Waals surface area contributed by atoms with Crippen molar-refractivity contribution in [3.05, 3.63) is 18.3 Å². The Morgan fingerprint density at radius 1 is 1.33 bits per heavy atom. The standard InChI is InChI=1S/C13H22N4O3S/c1-5-15-11-7-6-10(8-16-11)21(19,20)17-9-13(2,3)12(18)14-4/h6-8,17H,5,9H2,1-4H3,(H,14,18)(H,15,16). The summed E-state index contributed by atoms with van der Waals surface area (Å²) in [5.41, 5.74) is -0.834. The molecule has 3 N–H and O–H groups in total. The molecule has 21 heavy (non-hydrogen) atoms. The van der Waals surface area contributed by atoms with Crippen LogP contribution in [0.5, 0.6) is 0 Å². The lowest BCUT2D eigenvalue weighted by molar-refractivity contribution is -0.128. The highest BCUT2D eigenvalue weighted by molar-refractivity contribution is 7.89. The van der Waals surface area contributed by atoms with Gasteiger partial charge >= 0.3 is 0 Å². The second-order valence-corrected chi connectivity index (χ2v) is 6.96. The third-order valence-corrected chi connectivity index (χ3v) is 4.34. The van der Waals surface area contributed by atoms with E-state index < -0.39 is 15.4 Å². The SMILES string of the molecule is CCNc1ccc(S(=O)(=O)NCC(C)(C)C(=O)NC)cn1. The largest absolute Gasteiger partial charge is 0.370 e. The quantitative estimate of drug-likeness (QED) is 0.683. The predicted molar refractivity (Wildman–Crippen MR) is 81.4 cm³/mol. The van der Waals surface area contributed by atoms with Gasteiger partial charge in [0.05, 0.1) is 5.41 Å². The minimum Gasteiger partial charge on any atom is -0.370 e. The highest BCUT2D eigenvalue weighted by Gasteiger charge is 2.28. The summed E-state index contributed by atoms with van der Waals surface area (Å²) in [6, 6.07) is 3.07. The molecule has 7 nitrogen and oxygen atoms in total. The molecule has 8 heteroatoms. The number of anilines is 1. The van der Waals surface area contributed by atoms with Crippen molar-refractivity contribution >= 4 is 21.7 Å². The molecular weight excluding hydrogens is 292 g/mol. The monoisotopic (exact) mass is 314 g/mol. The summed E-state index contributed by atoms with van der Waals surface area (Å²) in [4.78, 5) is 15.7. The molecule has 0 aromatic carbocycles. The molecule has 0 saturated heterocycles. The molecule has 0 aliphatic carbocycles. The average molecular weight is 314 g/mol. The van der Waals surface area contributed by atoms with Crippen LogP contribution in [0.15, 0.2) is 23.2 Å². The number of hydrogen-bond acceptors (Lipinski definition) is 5. The summed E-state index contributed by atoms with van der Waals surface area (Å²) < 4.78 is 26.7. The van der Waals surface area contributed by atoms with Crippen LogP contribution in [0.2, 0.25) is 0 Å². The van der Waals surface area contributed by atoms with E-state index in [2.05, 4.69) is 20.3 Å². The van der Waals surface area contributed by atoms with Crippen molar-refractivity contribution in [3.8, 4) is 0 Å². The Hall–Kier alpha value is -1.67. The Morgan fingerprint density at radius 3 is 2.48 bits per heavy atom. The van der Waals surface area contributed by atoms with Gasteiger partial charge in [-0.2, -0.15) is 0 Å². The fourth-order valence-electron chi connectivity index (χ4n) is 1.60. The van der Waals surface area contributed by atoms with Crippen LogP contribution in [0.3, 0.4) is 0 Å². The van der Waals surface area contributed by atoms with Gasteiger partial charge in [-0.05, 0) is 32.9 Å². The van der Waals surface area contributed by atoms with E-state index in [0.717, 1.165) is 0 Å². The lowest BCUT2D eigenvalue weighted by atomic mass is 9.93. The van der Waals surface area contributed by atoms with Gasteiger partial charge in [0, 0.05) is 26.3 Å². The maximum Gasteiger partial charge on any atom is 0.242 e. The van der Waals surface area contributed by atoms with Crippen molar-refractivity contribution < 1.29 is 13.2 Å². The predicted octanol–water partition coefficient (Wildman–Crippen LogP) is 0.564. The van der Waals surface area contributed by atoms with E-state index in [-0.39, 0.29) is 17.3 Å². The number of amides is 1. The maximum atomic E-state index is 12.2. The van der Waals surface area contributed by atoms with Gasteiger partial charge in [-0.1, -0.05) is 0 Å². The van der Waals surface area contributed by atoms with Crippen LogP contribution in [0.4, 0.5) is 5.82 Å². The van der Waals surface area contributed by atoms with E-state index in [1.54, 1.807) is 19.9 Å². The van der Waals surface area contributed by atoms with Gasteiger partial charge in [0.1, 0.15) is 10.7 Å². The van der Waals surface area contributed by atoms with Crippen LogP contribution in [0, 0.1) is 5.41 Å². The Kier molecular flexibility index (Phi) is 5.68. The highest BCUT2D eigenvalue weighted by Crippen LogP contribution is 2.16. The molecule has 0 radical (unpaired) electrons. The van der Waals surface area contributed by atoms with Gasteiger partial charge in [0.2, 0.25) is 15.9 Å². The first-order valence-corrected chi connectivity index (χ1v) is 8.13. The van der Waals surface area contributed by atoms with E-state index in [4.69, 9.17) is 0 Å². The van der Waals surface area contributed by atoms with E-state index in [1.807, 2.05) is 6.92 Å². The molecule has 1 amide bonds. The van der Waals surface area contributed by atoms with Crippen LogP contribution < -0.4 is 15.4 Å². The van der Waals surface area contributed by atoms with Gasteiger partial charge in [-0.15, -0.1) is 0 Å². The number of carbonyl (C=O) groups is 1. The second-order valence-electron chi connectivity index (χ2n) is 5.20. The smallest absolute Gasteiger partial charge is 0.242 e. The third kappa shape index (κ3) is 4.68. The summed E-state index contributed by atoms with van der Waals surface area (Å²) in [7, 11) is -2.17. The summed E-state index contributed by atoms with van der Waals surface area (Å²) in [5, 5.41) is 5.49. The Labute approximate surface area is 125 Å². The molecule has 0 aliphatic rings. The first-order chi connectivity index (χ1) is 9.73. The number of sulfonamides is 1. The Balaban J connectivity index is 2.80. The zero-order valence-corrected chi connectivity index (χ0v) is 13.5. The molecular formula is C13H22N4O3S. The highest BCUT2D eigenvalue weighted by atomic mass is 32.2. The Bertz CT molecular complexity index is 582. The number of nitrogens with zero attached hydrogens (tertiary/aromatic N) is 1. The average Bonchev–Trinajstić information content (AvgIpc) is 2.45. The number of pyridine rings is 1. The Morgan fingerprint density at radius 2 is 2.00 bits per heavy atom. The van der Waals surface area contributed by atoms with Crippen LogP contribution in [0.25, 0.3) is 0 Å². The van der Waals surface area contributed by atoms with Crippen molar-refractivity contribution in [2.45, 2.75) is 25.7 Å². The number of rotatable bonds is 7. The van der Waals surface area contributed by atoms with Crippen LogP contribution in [0.1, 0.15) is 20.8 Å². The molecule has 0 fully saturated rings. The number of aromatic nitrogens is 1. The summed E-state index contributed by atoms with van der Waals surface area (Å²) in [5.74, 6) is 0.382. The zero-order chi connectivity index (χ0) is 16.1. The third-order valence-electron chi connectivity index (χ3n) is 2.95. The molecule has 0 aliphatic heterocycles. The van der Waals surface area contributed by atoms with Gasteiger partial charge in [-0.25, -0.2) is 18.1 Å². The number of carbonyl (C=O) groups excluding carboxylic acids is 1. The maximum absolute atomic E-state index is 12.2. The molecule has 0 unspecified atom stereocenters. The molecule has 1 heterocycles. The molecule has 0 bridgehead atoms. The van der Waals surface area contributed by atoms with E-state index in [0.29, 0.717) is 12.4 Å². The van der Waals surface area contributed by atoms with E-state index in [1.165, 1.54) is 19.3 Å². The first kappa shape index (κ1) is 17.4. The summed E-state index contributed by atoms with van der Waals surface area (Å²) >= 11 is 0. The molecule has 0 saturated carbocycles. The fraction of sp³-hybridized carbons (Fsp3) is 0.538. The second kappa shape index (κ2) is 6.86. The lowest BCUT2D eigenvalue weighted by Crippen LogP contribution is -2.43. The molecule has 0 spiro atoms. The van der Waals surface area contributed by atoms with Crippen molar-refractivity contribution in [1.82, 2.24) is 15.0 Å². The van der Waals surface area contributed by atoms with Gasteiger partial charge in [0.25, 0.3) is 0 Å². The van der Waals surface area contributed by atoms with Crippen molar-refractivity contribution in [2.75, 3.05) is 25.5 Å². The van der Waals surface area contributed by atoms with Gasteiger partial charge in [-0.3, -0.25) is 4.79 Å². The molecule has 118 valence electrons. The molecule has 0 atom stereocenters. The van der Waals surface area contributed by atoms with Crippen LogP contribution >= 0.6 is 0 Å². The zero-order valence-electron chi connectivity index (χ0n) is 12.7. The minimum atomic E-state index is -3.69. The molecule has 1 aromatic heterocycles. The van der Waals surface area contributed by atoms with Crippen molar-refractivity contribution in [1.29, 1.82) is 0 Å². The normalized spacial score (nSPS) is 12.0. The van der Waals surface area contributed by atoms with Crippen molar-refractivity contribution in [3.63, 3.8) is 0 Å². The number of hydrogen-bond donors (Lipinski definition) is 3. The van der Waals surface area contributed by atoms with E-state index in [9.17, 15) is 13.2 Å². The first-order valence-electron chi connectivity index (χ1n) is 6.64. The lowest BCUT2D eigenvalue weighted by Gasteiger charge is -2.22. The summed E-state index contributed by atoms with van der Waals surface area (Å²) in [6.45, 7) is 5.97. The van der Waals surface area contributed by atoms with Crippen molar-refractivity contribution in [2.24, 2.45) is 5.41 Å². The van der Waals surface area contributed by atoms with Crippen LogP contribution in [-0.2, 0) is 14.8 Å². The van der Waals surface area contributed by atoms with Gasteiger partial charge in [0.15, 0.2) is 0 Å². The minimum absolute atomic E-state index is 0.00394. The fourth-order valence-corrected chi connectivity index (χ4v) is 2.76. The topological polar surface area (TPSA) is 100 Å². The van der Waals surface area contributed by atoms with E-state index >= 15 is 0 Å². The number of nitrogens with one attached hydrogen (secondary N) is 3. The molecule has 1 rings (SSSR count). The summed E-state index contributed by atoms with van der Waals surface area (Å²) in [6.07, 6.45) is 1.28. The molecule has 1 aromatic rings. The van der Waals surface area contributed by atoms with Gasteiger partial charge < -0.3 is 10.6 Å². The van der Waals surface area contributed by atoms with Crippen LogP contribution in [-0.4, -0.2) is 39.4 Å².